The molecular formula is C26H27N5O3. The molecule has 0 aliphatic heterocycles. The third-order valence-electron chi connectivity index (χ3n) is 5.41. The fraction of sp³-hybridized carbons (Fsp3) is 0.231. The summed E-state index contributed by atoms with van der Waals surface area (Å²) < 4.78 is 12.2. The van der Waals surface area contributed by atoms with Gasteiger partial charge in [-0.2, -0.15) is 5.10 Å². The number of nitrogens with zero attached hydrogens (tertiary/aromatic N) is 4. The van der Waals surface area contributed by atoms with E-state index in [2.05, 4.69) is 52.4 Å². The molecule has 0 saturated carbocycles. The van der Waals surface area contributed by atoms with Crippen LogP contribution in [0.4, 0.5) is 0 Å². The maximum absolute atomic E-state index is 13.4. The number of hydrogen-bond acceptors (Lipinski definition) is 6. The van der Waals surface area contributed by atoms with Gasteiger partial charge >= 0.3 is 0 Å². The SMILES string of the molecule is COc1cc(CNC(=O)c2cc(-c3cc(C)cc(C)c3)cnc2-c2cnn(C)c2)cnc1OC. The van der Waals surface area contributed by atoms with Crippen LogP contribution < -0.4 is 14.8 Å². The Morgan fingerprint density at radius 1 is 0.912 bits per heavy atom. The van der Waals surface area contributed by atoms with Crippen LogP contribution >= 0.6 is 0 Å². The van der Waals surface area contributed by atoms with Gasteiger partial charge in [0.05, 0.1) is 31.7 Å². The van der Waals surface area contributed by atoms with E-state index < -0.39 is 0 Å². The largest absolute Gasteiger partial charge is 0.491 e. The number of pyridine rings is 2. The zero-order chi connectivity index (χ0) is 24.2. The standard InChI is InChI=1S/C26H27N5O3/c1-16-6-17(2)8-19(7-16)20-10-22(24(27-13-20)21-14-30-31(3)15-21)25(32)28-11-18-9-23(33-4)26(34-5)29-12-18/h6-10,12-15H,11H2,1-5H3,(H,28,32). The lowest BCUT2D eigenvalue weighted by Gasteiger charge is -2.13. The zero-order valence-corrected chi connectivity index (χ0v) is 19.9. The molecule has 0 bridgehead atoms. The highest BCUT2D eigenvalue weighted by molar-refractivity contribution is 6.01. The van der Waals surface area contributed by atoms with Gasteiger partial charge in [0.25, 0.3) is 11.8 Å². The molecule has 1 aromatic carbocycles. The zero-order valence-electron chi connectivity index (χ0n) is 19.9. The molecule has 8 heteroatoms. The minimum atomic E-state index is -0.243. The Balaban J connectivity index is 1.68. The van der Waals surface area contributed by atoms with Crippen molar-refractivity contribution in [2.24, 2.45) is 7.05 Å². The third kappa shape index (κ3) is 4.91. The predicted octanol–water partition coefficient (Wildman–Crippen LogP) is 4.11. The van der Waals surface area contributed by atoms with Crippen molar-refractivity contribution >= 4 is 5.91 Å². The lowest BCUT2D eigenvalue weighted by molar-refractivity contribution is 0.0951. The van der Waals surface area contributed by atoms with Crippen molar-refractivity contribution < 1.29 is 14.3 Å². The molecule has 34 heavy (non-hydrogen) atoms. The van der Waals surface area contributed by atoms with Crippen molar-refractivity contribution in [1.29, 1.82) is 0 Å². The molecule has 3 aromatic heterocycles. The molecule has 1 N–H and O–H groups in total. The maximum atomic E-state index is 13.4. The van der Waals surface area contributed by atoms with Crippen LogP contribution in [0.2, 0.25) is 0 Å². The molecule has 0 aliphatic carbocycles. The highest BCUT2D eigenvalue weighted by Crippen LogP contribution is 2.28. The number of methoxy groups -OCH3 is 2. The normalized spacial score (nSPS) is 10.7. The van der Waals surface area contributed by atoms with Gasteiger partial charge < -0.3 is 14.8 Å². The molecule has 0 aliphatic rings. The summed E-state index contributed by atoms with van der Waals surface area (Å²) in [6, 6.07) is 9.96. The van der Waals surface area contributed by atoms with Gasteiger partial charge in [-0.3, -0.25) is 14.5 Å². The first-order valence-electron chi connectivity index (χ1n) is 10.8. The summed E-state index contributed by atoms with van der Waals surface area (Å²) in [5.74, 6) is 0.651. The molecule has 3 heterocycles. The van der Waals surface area contributed by atoms with E-state index in [-0.39, 0.29) is 12.5 Å². The smallest absolute Gasteiger partial charge is 0.256 e. The van der Waals surface area contributed by atoms with Crippen molar-refractivity contribution in [3.05, 3.63) is 77.4 Å². The van der Waals surface area contributed by atoms with Crippen molar-refractivity contribution in [2.75, 3.05) is 14.2 Å². The summed E-state index contributed by atoms with van der Waals surface area (Å²) in [4.78, 5) is 22.3. The van der Waals surface area contributed by atoms with E-state index in [1.165, 1.54) is 7.11 Å². The first-order chi connectivity index (χ1) is 16.4. The highest BCUT2D eigenvalue weighted by atomic mass is 16.5. The lowest BCUT2D eigenvalue weighted by Crippen LogP contribution is -2.24. The molecule has 0 atom stereocenters. The number of carbonyl (C=O) groups excluding carboxylic acids is 1. The second-order valence-corrected chi connectivity index (χ2v) is 8.14. The molecule has 0 saturated heterocycles. The number of aryl methyl sites for hydroxylation is 3. The lowest BCUT2D eigenvalue weighted by atomic mass is 9.98. The van der Waals surface area contributed by atoms with Gasteiger partial charge in [0.2, 0.25) is 0 Å². The first-order valence-corrected chi connectivity index (χ1v) is 10.8. The third-order valence-corrected chi connectivity index (χ3v) is 5.41. The average Bonchev–Trinajstić information content (AvgIpc) is 3.27. The van der Waals surface area contributed by atoms with Gasteiger partial charge in [0.15, 0.2) is 5.75 Å². The molecule has 4 rings (SSSR count). The topological polar surface area (TPSA) is 91.2 Å². The molecule has 1 amide bonds. The fourth-order valence-electron chi connectivity index (χ4n) is 3.86. The summed E-state index contributed by atoms with van der Waals surface area (Å²) in [6.45, 7) is 4.38. The number of carbonyl (C=O) groups is 1. The predicted molar refractivity (Wildman–Crippen MR) is 130 cm³/mol. The van der Waals surface area contributed by atoms with Crippen LogP contribution in [0.15, 0.2) is 55.1 Å². The van der Waals surface area contributed by atoms with Gasteiger partial charge in [-0.25, -0.2) is 4.98 Å². The van der Waals surface area contributed by atoms with Crippen LogP contribution in [-0.4, -0.2) is 39.9 Å². The summed E-state index contributed by atoms with van der Waals surface area (Å²) >= 11 is 0. The number of hydrogen-bond donors (Lipinski definition) is 1. The van der Waals surface area contributed by atoms with E-state index >= 15 is 0 Å². The van der Waals surface area contributed by atoms with Crippen molar-refractivity contribution in [3.8, 4) is 34.0 Å². The molecule has 174 valence electrons. The fourth-order valence-corrected chi connectivity index (χ4v) is 3.86. The van der Waals surface area contributed by atoms with E-state index in [1.54, 1.807) is 36.4 Å². The van der Waals surface area contributed by atoms with E-state index in [1.807, 2.05) is 19.3 Å². The van der Waals surface area contributed by atoms with E-state index in [4.69, 9.17) is 9.47 Å². The van der Waals surface area contributed by atoms with E-state index in [9.17, 15) is 4.79 Å². The number of ether oxygens (including phenoxy) is 2. The first kappa shape index (κ1) is 23.0. The summed E-state index contributed by atoms with van der Waals surface area (Å²) in [6.07, 6.45) is 6.99. The molecular weight excluding hydrogens is 430 g/mol. The van der Waals surface area contributed by atoms with Crippen molar-refractivity contribution in [1.82, 2.24) is 25.1 Å². The Labute approximate surface area is 198 Å². The van der Waals surface area contributed by atoms with Gasteiger partial charge in [0, 0.05) is 43.3 Å². The van der Waals surface area contributed by atoms with E-state index in [0.29, 0.717) is 22.9 Å². The number of aromatic nitrogens is 4. The van der Waals surface area contributed by atoms with Gasteiger partial charge in [0.1, 0.15) is 0 Å². The molecule has 0 fully saturated rings. The second kappa shape index (κ2) is 9.74. The minimum absolute atomic E-state index is 0.243. The average molecular weight is 458 g/mol. The minimum Gasteiger partial charge on any atom is -0.491 e. The van der Waals surface area contributed by atoms with Crippen LogP contribution in [0.5, 0.6) is 11.6 Å². The van der Waals surface area contributed by atoms with Crippen molar-refractivity contribution in [2.45, 2.75) is 20.4 Å². The van der Waals surface area contributed by atoms with Gasteiger partial charge in [-0.1, -0.05) is 29.3 Å². The Morgan fingerprint density at radius 3 is 2.32 bits per heavy atom. The molecule has 4 aromatic rings. The van der Waals surface area contributed by atoms with Gasteiger partial charge in [-0.15, -0.1) is 0 Å². The van der Waals surface area contributed by atoms with Crippen LogP contribution in [0, 0.1) is 13.8 Å². The summed E-state index contributed by atoms with van der Waals surface area (Å²) in [5.41, 5.74) is 6.79. The number of rotatable bonds is 7. The summed E-state index contributed by atoms with van der Waals surface area (Å²) in [5, 5.41) is 7.22. The quantitative estimate of drug-likeness (QED) is 0.449. The molecule has 0 radical (unpaired) electrons. The Bertz CT molecular complexity index is 1330. The van der Waals surface area contributed by atoms with Crippen molar-refractivity contribution in [3.63, 3.8) is 0 Å². The Kier molecular flexibility index (Phi) is 6.58. The highest BCUT2D eigenvalue weighted by Gasteiger charge is 2.18. The van der Waals surface area contributed by atoms with Crippen LogP contribution in [0.25, 0.3) is 22.4 Å². The van der Waals surface area contributed by atoms with Crippen LogP contribution in [0.3, 0.4) is 0 Å². The van der Waals surface area contributed by atoms with Gasteiger partial charge in [-0.05, 0) is 37.1 Å². The van der Waals surface area contributed by atoms with Crippen LogP contribution in [-0.2, 0) is 13.6 Å². The Hall–Kier alpha value is -4.20. The molecule has 0 spiro atoms. The monoisotopic (exact) mass is 457 g/mol. The number of nitrogens with one attached hydrogen (secondary N) is 1. The number of amides is 1. The summed E-state index contributed by atoms with van der Waals surface area (Å²) in [7, 11) is 4.91. The number of benzene rings is 1. The second-order valence-electron chi connectivity index (χ2n) is 8.14. The molecule has 0 unspecified atom stereocenters. The maximum Gasteiger partial charge on any atom is 0.256 e. The Morgan fingerprint density at radius 2 is 1.68 bits per heavy atom. The molecule has 8 nitrogen and oxygen atoms in total. The van der Waals surface area contributed by atoms with Crippen LogP contribution in [0.1, 0.15) is 27.0 Å². The van der Waals surface area contributed by atoms with E-state index in [0.717, 1.165) is 33.4 Å².